The molecule has 0 amide bonds. The fourth-order valence-corrected chi connectivity index (χ4v) is 4.87. The van der Waals surface area contributed by atoms with E-state index in [-0.39, 0.29) is 6.10 Å². The summed E-state index contributed by atoms with van der Waals surface area (Å²) in [6.07, 6.45) is -0.0763. The highest BCUT2D eigenvalue weighted by molar-refractivity contribution is 7.18. The van der Waals surface area contributed by atoms with Gasteiger partial charge in [-0.25, -0.2) is 9.97 Å². The number of anilines is 1. The molecule has 1 saturated heterocycles. The number of fused-ring (bicyclic) bond motifs is 2. The van der Waals surface area contributed by atoms with Gasteiger partial charge in [0.1, 0.15) is 29.2 Å². The van der Waals surface area contributed by atoms with Crippen LogP contribution in [0.1, 0.15) is 16.3 Å². The number of nitrogens with zero attached hydrogens (tertiary/aromatic N) is 3. The molecule has 4 heterocycles. The Hall–Kier alpha value is -2.42. The topological polar surface area (TPSA) is 68.7 Å². The lowest BCUT2D eigenvalue weighted by Crippen LogP contribution is -2.36. The number of benzene rings is 1. The first-order valence-electron chi connectivity index (χ1n) is 10.4. The molecule has 1 N–H and O–H groups in total. The van der Waals surface area contributed by atoms with Crippen LogP contribution < -0.4 is 14.8 Å². The Balaban J connectivity index is 1.37. The highest BCUT2D eigenvalue weighted by atomic mass is 32.1. The zero-order chi connectivity index (χ0) is 20.5. The van der Waals surface area contributed by atoms with Crippen LogP contribution in [-0.4, -0.2) is 60.4 Å². The summed E-state index contributed by atoms with van der Waals surface area (Å²) in [6, 6.07) is 7.79. The van der Waals surface area contributed by atoms with E-state index in [1.54, 1.807) is 11.3 Å². The van der Waals surface area contributed by atoms with E-state index in [2.05, 4.69) is 24.1 Å². The molecule has 2 aliphatic heterocycles. The third-order valence-corrected chi connectivity index (χ3v) is 6.71. The second-order valence-corrected chi connectivity index (χ2v) is 8.92. The van der Waals surface area contributed by atoms with Crippen LogP contribution in [0.15, 0.2) is 24.3 Å². The minimum atomic E-state index is -0.0763. The number of ether oxygens (including phenoxy) is 3. The number of morpholine rings is 1. The number of nitrogens with one attached hydrogen (secondary N) is 1. The predicted octanol–water partition coefficient (Wildman–Crippen LogP) is 3.39. The average Bonchev–Trinajstić information content (AvgIpc) is 3.06. The molecule has 1 atom stereocenters. The molecule has 158 valence electrons. The molecule has 0 bridgehead atoms. The smallest absolute Gasteiger partial charge is 0.161 e. The SMILES string of the molecule is Cc1sc2nc(CN3CCOCC3)nc(NCC3COc4ccccc4O3)c2c1C. The van der Waals surface area contributed by atoms with Gasteiger partial charge in [-0.15, -0.1) is 11.3 Å². The standard InChI is InChI=1S/C22H26N4O3S/c1-14-15(2)30-22-20(14)21(24-19(25-22)12-26-7-9-27-10-8-26)23-11-16-13-28-17-5-3-4-6-18(17)29-16/h3-6,16H,7-13H2,1-2H3,(H,23,24,25). The third kappa shape index (κ3) is 3.95. The lowest BCUT2D eigenvalue weighted by molar-refractivity contribution is 0.0331. The molecule has 8 heteroatoms. The summed E-state index contributed by atoms with van der Waals surface area (Å²) in [7, 11) is 0. The Morgan fingerprint density at radius 2 is 1.93 bits per heavy atom. The van der Waals surface area contributed by atoms with Gasteiger partial charge >= 0.3 is 0 Å². The molecule has 1 aromatic carbocycles. The number of aryl methyl sites for hydroxylation is 2. The molecule has 0 saturated carbocycles. The monoisotopic (exact) mass is 426 g/mol. The van der Waals surface area contributed by atoms with Crippen LogP contribution in [0, 0.1) is 13.8 Å². The predicted molar refractivity (Wildman–Crippen MR) is 118 cm³/mol. The second kappa shape index (κ2) is 8.37. The Morgan fingerprint density at radius 3 is 2.77 bits per heavy atom. The summed E-state index contributed by atoms with van der Waals surface area (Å²) >= 11 is 1.73. The zero-order valence-electron chi connectivity index (χ0n) is 17.3. The summed E-state index contributed by atoms with van der Waals surface area (Å²) in [5, 5.41) is 4.64. The third-order valence-electron chi connectivity index (χ3n) is 5.61. The van der Waals surface area contributed by atoms with Crippen molar-refractivity contribution >= 4 is 27.4 Å². The highest BCUT2D eigenvalue weighted by Gasteiger charge is 2.22. The quantitative estimate of drug-likeness (QED) is 0.671. The van der Waals surface area contributed by atoms with E-state index in [4.69, 9.17) is 24.2 Å². The molecule has 0 radical (unpaired) electrons. The summed E-state index contributed by atoms with van der Waals surface area (Å²) in [4.78, 5) is 14.4. The first-order chi connectivity index (χ1) is 14.7. The fraction of sp³-hybridized carbons (Fsp3) is 0.455. The van der Waals surface area contributed by atoms with Crippen molar-refractivity contribution in [3.05, 3.63) is 40.5 Å². The largest absolute Gasteiger partial charge is 0.486 e. The van der Waals surface area contributed by atoms with Crippen molar-refractivity contribution in [3.63, 3.8) is 0 Å². The van der Waals surface area contributed by atoms with Crippen LogP contribution in [0.2, 0.25) is 0 Å². The van der Waals surface area contributed by atoms with Crippen LogP contribution in [-0.2, 0) is 11.3 Å². The van der Waals surface area contributed by atoms with Crippen molar-refractivity contribution < 1.29 is 14.2 Å². The van der Waals surface area contributed by atoms with Crippen LogP contribution in [0.3, 0.4) is 0 Å². The van der Waals surface area contributed by atoms with Gasteiger partial charge in [0.15, 0.2) is 11.5 Å². The molecule has 1 fully saturated rings. The number of thiophene rings is 1. The van der Waals surface area contributed by atoms with E-state index >= 15 is 0 Å². The lowest BCUT2D eigenvalue weighted by atomic mass is 10.2. The number of hydrogen-bond donors (Lipinski definition) is 1. The van der Waals surface area contributed by atoms with Crippen LogP contribution in [0.5, 0.6) is 11.5 Å². The maximum Gasteiger partial charge on any atom is 0.161 e. The van der Waals surface area contributed by atoms with E-state index < -0.39 is 0 Å². The molecule has 30 heavy (non-hydrogen) atoms. The second-order valence-electron chi connectivity index (χ2n) is 7.72. The molecular formula is C22H26N4O3S. The average molecular weight is 427 g/mol. The van der Waals surface area contributed by atoms with E-state index in [0.29, 0.717) is 13.2 Å². The maximum absolute atomic E-state index is 6.10. The van der Waals surface area contributed by atoms with Gasteiger partial charge in [-0.2, -0.15) is 0 Å². The van der Waals surface area contributed by atoms with E-state index in [9.17, 15) is 0 Å². The van der Waals surface area contributed by atoms with Crippen LogP contribution >= 0.6 is 11.3 Å². The van der Waals surface area contributed by atoms with Crippen molar-refractivity contribution in [3.8, 4) is 11.5 Å². The van der Waals surface area contributed by atoms with Crippen molar-refractivity contribution in [1.29, 1.82) is 0 Å². The molecule has 0 spiro atoms. The highest BCUT2D eigenvalue weighted by Crippen LogP contribution is 2.34. The zero-order valence-corrected chi connectivity index (χ0v) is 18.1. The summed E-state index contributed by atoms with van der Waals surface area (Å²) in [6.45, 7) is 9.52. The number of para-hydroxylation sites is 2. The Kier molecular flexibility index (Phi) is 5.45. The van der Waals surface area contributed by atoms with Gasteiger partial charge in [-0.1, -0.05) is 12.1 Å². The van der Waals surface area contributed by atoms with Gasteiger partial charge in [0.05, 0.1) is 31.7 Å². The lowest BCUT2D eigenvalue weighted by Gasteiger charge is -2.27. The van der Waals surface area contributed by atoms with E-state index in [0.717, 1.165) is 66.2 Å². The first kappa shape index (κ1) is 19.5. The van der Waals surface area contributed by atoms with Gasteiger partial charge < -0.3 is 19.5 Å². The number of hydrogen-bond acceptors (Lipinski definition) is 8. The Morgan fingerprint density at radius 1 is 1.13 bits per heavy atom. The van der Waals surface area contributed by atoms with Crippen molar-refractivity contribution in [2.24, 2.45) is 0 Å². The number of rotatable bonds is 5. The van der Waals surface area contributed by atoms with Crippen LogP contribution in [0.25, 0.3) is 10.2 Å². The summed E-state index contributed by atoms with van der Waals surface area (Å²) in [5.41, 5.74) is 1.24. The molecule has 0 aliphatic carbocycles. The van der Waals surface area contributed by atoms with Gasteiger partial charge in [0.25, 0.3) is 0 Å². The van der Waals surface area contributed by atoms with Crippen molar-refractivity contribution in [2.75, 3.05) is 44.8 Å². The van der Waals surface area contributed by atoms with Crippen molar-refractivity contribution in [1.82, 2.24) is 14.9 Å². The first-order valence-corrected chi connectivity index (χ1v) is 11.2. The molecule has 1 unspecified atom stereocenters. The van der Waals surface area contributed by atoms with Crippen molar-refractivity contribution in [2.45, 2.75) is 26.5 Å². The maximum atomic E-state index is 6.10. The van der Waals surface area contributed by atoms with Gasteiger partial charge in [0, 0.05) is 18.0 Å². The number of aromatic nitrogens is 2. The van der Waals surface area contributed by atoms with E-state index in [1.165, 1.54) is 10.4 Å². The van der Waals surface area contributed by atoms with Gasteiger partial charge in [-0.3, -0.25) is 4.90 Å². The van der Waals surface area contributed by atoms with Crippen LogP contribution in [0.4, 0.5) is 5.82 Å². The molecule has 7 nitrogen and oxygen atoms in total. The van der Waals surface area contributed by atoms with E-state index in [1.807, 2.05) is 24.3 Å². The summed E-state index contributed by atoms with van der Waals surface area (Å²) < 4.78 is 17.4. The minimum absolute atomic E-state index is 0.0763. The fourth-order valence-electron chi connectivity index (χ4n) is 3.83. The molecule has 3 aromatic rings. The molecule has 5 rings (SSSR count). The normalized spacial score (nSPS) is 19.2. The Labute approximate surface area is 180 Å². The molecule has 2 aromatic heterocycles. The summed E-state index contributed by atoms with van der Waals surface area (Å²) in [5.74, 6) is 3.32. The molecular weight excluding hydrogens is 400 g/mol. The molecule has 2 aliphatic rings. The Bertz CT molecular complexity index is 1050. The van der Waals surface area contributed by atoms with Gasteiger partial charge in [0.2, 0.25) is 0 Å². The van der Waals surface area contributed by atoms with Gasteiger partial charge in [-0.05, 0) is 31.5 Å². The minimum Gasteiger partial charge on any atom is -0.486 e.